The summed E-state index contributed by atoms with van der Waals surface area (Å²) in [6, 6.07) is 6.00. The highest BCUT2D eigenvalue weighted by molar-refractivity contribution is 9.10. The van der Waals surface area contributed by atoms with Crippen molar-refractivity contribution in [3.8, 4) is 0 Å². The molecule has 0 bridgehead atoms. The van der Waals surface area contributed by atoms with Crippen LogP contribution < -0.4 is 5.32 Å². The number of rotatable bonds is 6. The minimum atomic E-state index is 0.0654. The maximum absolute atomic E-state index is 6.36. The third-order valence-electron chi connectivity index (χ3n) is 3.12. The van der Waals surface area contributed by atoms with Gasteiger partial charge in [-0.15, -0.1) is 0 Å². The molecule has 20 heavy (non-hydrogen) atoms. The first kappa shape index (κ1) is 15.5. The number of hydrogen-bond donors (Lipinski definition) is 1. The van der Waals surface area contributed by atoms with Crippen LogP contribution in [0.3, 0.4) is 0 Å². The molecule has 0 aliphatic carbocycles. The van der Waals surface area contributed by atoms with Gasteiger partial charge in [0.2, 0.25) is 0 Å². The smallest absolute Gasteiger partial charge is 0.0622 e. The Morgan fingerprint density at radius 2 is 2.20 bits per heavy atom. The molecule has 0 saturated carbocycles. The van der Waals surface area contributed by atoms with E-state index in [0.29, 0.717) is 0 Å². The zero-order valence-electron chi connectivity index (χ0n) is 11.7. The molecule has 1 aromatic carbocycles. The highest BCUT2D eigenvalue weighted by Crippen LogP contribution is 2.30. The molecule has 1 N–H and O–H groups in total. The highest BCUT2D eigenvalue weighted by Gasteiger charge is 2.18. The molecule has 0 amide bonds. The van der Waals surface area contributed by atoms with Gasteiger partial charge in [0.05, 0.1) is 12.2 Å². The van der Waals surface area contributed by atoms with E-state index >= 15 is 0 Å². The molecule has 1 heterocycles. The Hall–Kier alpha value is -0.840. The van der Waals surface area contributed by atoms with Crippen LogP contribution >= 0.6 is 27.5 Å². The van der Waals surface area contributed by atoms with Gasteiger partial charge in [-0.05, 0) is 36.7 Å². The van der Waals surface area contributed by atoms with Crippen molar-refractivity contribution < 1.29 is 0 Å². The van der Waals surface area contributed by atoms with Crippen molar-refractivity contribution in [3.63, 3.8) is 0 Å². The molecule has 0 spiro atoms. The number of aromatic nitrogens is 2. The fourth-order valence-electron chi connectivity index (χ4n) is 2.23. The van der Waals surface area contributed by atoms with Gasteiger partial charge in [-0.3, -0.25) is 4.68 Å². The molecular formula is C15H19BrClN3. The first-order valence-corrected chi connectivity index (χ1v) is 8.03. The molecule has 0 radical (unpaired) electrons. The Morgan fingerprint density at radius 1 is 1.40 bits per heavy atom. The molecule has 1 atom stereocenters. The predicted octanol–water partition coefficient (Wildman–Crippen LogP) is 4.41. The first-order valence-electron chi connectivity index (χ1n) is 6.86. The molecule has 108 valence electrons. The van der Waals surface area contributed by atoms with Crippen LogP contribution in [0.5, 0.6) is 0 Å². The molecule has 0 aliphatic heterocycles. The lowest BCUT2D eigenvalue weighted by Gasteiger charge is -2.18. The summed E-state index contributed by atoms with van der Waals surface area (Å²) in [4.78, 5) is 0. The lowest BCUT2D eigenvalue weighted by Crippen LogP contribution is -2.22. The maximum Gasteiger partial charge on any atom is 0.0622 e. The van der Waals surface area contributed by atoms with E-state index in [4.69, 9.17) is 11.6 Å². The van der Waals surface area contributed by atoms with Gasteiger partial charge < -0.3 is 5.32 Å². The van der Waals surface area contributed by atoms with E-state index in [1.165, 1.54) is 0 Å². The van der Waals surface area contributed by atoms with Crippen molar-refractivity contribution >= 4 is 27.5 Å². The fraction of sp³-hybridized carbons (Fsp3) is 0.400. The Labute approximate surface area is 133 Å². The second kappa shape index (κ2) is 7.25. The highest BCUT2D eigenvalue weighted by atomic mass is 79.9. The summed E-state index contributed by atoms with van der Waals surface area (Å²) in [6.45, 7) is 6.04. The second-order valence-electron chi connectivity index (χ2n) is 4.69. The molecule has 0 saturated heterocycles. The number of halogens is 2. The van der Waals surface area contributed by atoms with Crippen molar-refractivity contribution in [1.82, 2.24) is 15.1 Å². The van der Waals surface area contributed by atoms with Gasteiger partial charge in [-0.1, -0.05) is 41.4 Å². The normalized spacial score (nSPS) is 12.6. The molecule has 1 aromatic heterocycles. The van der Waals surface area contributed by atoms with E-state index in [-0.39, 0.29) is 6.04 Å². The second-order valence-corrected chi connectivity index (χ2v) is 6.02. The first-order chi connectivity index (χ1) is 9.65. The average molecular weight is 357 g/mol. The standard InChI is InChI=1S/C15H19BrClN3/c1-3-7-20-10-11(9-19-20)15(18-4-2)13-8-12(16)5-6-14(13)17/h5-6,8-10,15,18H,3-4,7H2,1-2H3. The van der Waals surface area contributed by atoms with Gasteiger partial charge >= 0.3 is 0 Å². The van der Waals surface area contributed by atoms with E-state index in [1.54, 1.807) is 0 Å². The number of aryl methyl sites for hydroxylation is 1. The summed E-state index contributed by atoms with van der Waals surface area (Å²) in [5, 5.41) is 8.65. The van der Waals surface area contributed by atoms with Crippen LogP contribution in [0.1, 0.15) is 37.4 Å². The zero-order chi connectivity index (χ0) is 14.5. The molecule has 3 nitrogen and oxygen atoms in total. The van der Waals surface area contributed by atoms with Crippen LogP contribution in [-0.4, -0.2) is 16.3 Å². The van der Waals surface area contributed by atoms with E-state index in [0.717, 1.165) is 40.1 Å². The van der Waals surface area contributed by atoms with Crippen LogP contribution in [0.4, 0.5) is 0 Å². The van der Waals surface area contributed by atoms with Gasteiger partial charge in [-0.2, -0.15) is 5.10 Å². The van der Waals surface area contributed by atoms with Crippen molar-refractivity contribution in [2.75, 3.05) is 6.54 Å². The number of nitrogens with one attached hydrogen (secondary N) is 1. The van der Waals surface area contributed by atoms with Crippen LogP contribution in [0.2, 0.25) is 5.02 Å². The Balaban J connectivity index is 2.36. The SMILES string of the molecule is CCCn1cc(C(NCC)c2cc(Br)ccc2Cl)cn1. The van der Waals surface area contributed by atoms with Gasteiger partial charge in [0, 0.05) is 27.8 Å². The van der Waals surface area contributed by atoms with Gasteiger partial charge in [0.1, 0.15) is 0 Å². The van der Waals surface area contributed by atoms with Crippen LogP contribution in [0.25, 0.3) is 0 Å². The minimum Gasteiger partial charge on any atom is -0.306 e. The Kier molecular flexibility index (Phi) is 5.64. The maximum atomic E-state index is 6.36. The lowest BCUT2D eigenvalue weighted by molar-refractivity contribution is 0.597. The van der Waals surface area contributed by atoms with Gasteiger partial charge in [-0.25, -0.2) is 0 Å². The van der Waals surface area contributed by atoms with Crippen LogP contribution in [0, 0.1) is 0 Å². The van der Waals surface area contributed by atoms with Crippen molar-refractivity contribution in [2.24, 2.45) is 0 Å². The summed E-state index contributed by atoms with van der Waals surface area (Å²) in [6.07, 6.45) is 5.08. The largest absolute Gasteiger partial charge is 0.306 e. The summed E-state index contributed by atoms with van der Waals surface area (Å²) in [7, 11) is 0. The molecule has 2 aromatic rings. The molecule has 0 fully saturated rings. The number of nitrogens with zero attached hydrogens (tertiary/aromatic N) is 2. The topological polar surface area (TPSA) is 29.9 Å². The van der Waals surface area contributed by atoms with Crippen LogP contribution in [-0.2, 0) is 6.54 Å². The quantitative estimate of drug-likeness (QED) is 0.831. The van der Waals surface area contributed by atoms with E-state index in [2.05, 4.69) is 52.5 Å². The Bertz CT molecular complexity index is 568. The number of benzene rings is 1. The summed E-state index contributed by atoms with van der Waals surface area (Å²) < 4.78 is 3.01. The van der Waals surface area contributed by atoms with Crippen molar-refractivity contribution in [1.29, 1.82) is 0 Å². The van der Waals surface area contributed by atoms with Gasteiger partial charge in [0.25, 0.3) is 0 Å². The summed E-state index contributed by atoms with van der Waals surface area (Å²) in [5.41, 5.74) is 2.21. The molecule has 2 rings (SSSR count). The van der Waals surface area contributed by atoms with Crippen molar-refractivity contribution in [2.45, 2.75) is 32.9 Å². The van der Waals surface area contributed by atoms with Crippen LogP contribution in [0.15, 0.2) is 35.1 Å². The minimum absolute atomic E-state index is 0.0654. The lowest BCUT2D eigenvalue weighted by atomic mass is 10.0. The Morgan fingerprint density at radius 3 is 2.90 bits per heavy atom. The van der Waals surface area contributed by atoms with E-state index in [1.807, 2.05) is 23.0 Å². The third kappa shape index (κ3) is 3.62. The van der Waals surface area contributed by atoms with E-state index < -0.39 is 0 Å². The monoisotopic (exact) mass is 355 g/mol. The predicted molar refractivity (Wildman–Crippen MR) is 87.2 cm³/mol. The third-order valence-corrected chi connectivity index (χ3v) is 3.95. The summed E-state index contributed by atoms with van der Waals surface area (Å²) in [5.74, 6) is 0. The molecular weight excluding hydrogens is 338 g/mol. The van der Waals surface area contributed by atoms with E-state index in [9.17, 15) is 0 Å². The molecule has 0 aliphatic rings. The molecule has 5 heteroatoms. The molecule has 1 unspecified atom stereocenters. The average Bonchev–Trinajstić information content (AvgIpc) is 2.88. The van der Waals surface area contributed by atoms with Gasteiger partial charge in [0.15, 0.2) is 0 Å². The fourth-order valence-corrected chi connectivity index (χ4v) is 2.83. The van der Waals surface area contributed by atoms with Crippen molar-refractivity contribution in [3.05, 3.63) is 51.2 Å². The zero-order valence-corrected chi connectivity index (χ0v) is 14.1. The number of hydrogen-bond acceptors (Lipinski definition) is 2. The summed E-state index contributed by atoms with van der Waals surface area (Å²) >= 11 is 9.87.